The third-order valence-electron chi connectivity index (χ3n) is 3.60. The van der Waals surface area contributed by atoms with Crippen molar-refractivity contribution in [3.63, 3.8) is 0 Å². The number of nitriles is 1. The van der Waals surface area contributed by atoms with Crippen LogP contribution >= 0.6 is 11.8 Å². The Morgan fingerprint density at radius 3 is 2.76 bits per heavy atom. The third-order valence-corrected chi connectivity index (χ3v) is 4.84. The molecule has 0 radical (unpaired) electrons. The minimum Gasteiger partial charge on any atom is -0.382 e. The lowest BCUT2D eigenvalue weighted by molar-refractivity contribution is -0.137. The third kappa shape index (κ3) is 4.07. The Kier molecular flexibility index (Phi) is 5.04. The molecule has 6 heteroatoms. The highest BCUT2D eigenvalue weighted by atomic mass is 32.2. The van der Waals surface area contributed by atoms with Crippen LogP contribution in [0.15, 0.2) is 18.2 Å². The summed E-state index contributed by atoms with van der Waals surface area (Å²) in [4.78, 5) is 0. The summed E-state index contributed by atoms with van der Waals surface area (Å²) >= 11 is 1.93. The van der Waals surface area contributed by atoms with Crippen LogP contribution in [0.3, 0.4) is 0 Å². The normalized spacial score (nSPS) is 22.0. The summed E-state index contributed by atoms with van der Waals surface area (Å²) in [6.45, 7) is 2.13. The van der Waals surface area contributed by atoms with Crippen molar-refractivity contribution in [2.45, 2.75) is 43.7 Å². The predicted molar refractivity (Wildman–Crippen MR) is 79.3 cm³/mol. The van der Waals surface area contributed by atoms with Crippen molar-refractivity contribution in [1.29, 1.82) is 5.26 Å². The summed E-state index contributed by atoms with van der Waals surface area (Å²) in [5, 5.41) is 12.8. The van der Waals surface area contributed by atoms with E-state index < -0.39 is 11.7 Å². The van der Waals surface area contributed by atoms with Gasteiger partial charge in [0.1, 0.15) is 0 Å². The summed E-state index contributed by atoms with van der Waals surface area (Å²) in [6.07, 6.45) is -1.33. The van der Waals surface area contributed by atoms with Gasteiger partial charge < -0.3 is 5.32 Å². The first kappa shape index (κ1) is 16.0. The van der Waals surface area contributed by atoms with Gasteiger partial charge in [0, 0.05) is 17.0 Å². The maximum atomic E-state index is 12.7. The lowest BCUT2D eigenvalue weighted by Crippen LogP contribution is -2.16. The number of thioether (sulfide) groups is 1. The molecule has 2 nitrogen and oxygen atoms in total. The molecule has 1 aliphatic carbocycles. The largest absolute Gasteiger partial charge is 0.417 e. The van der Waals surface area contributed by atoms with E-state index in [1.807, 2.05) is 11.8 Å². The molecule has 0 aliphatic heterocycles. The van der Waals surface area contributed by atoms with Crippen molar-refractivity contribution in [2.24, 2.45) is 0 Å². The predicted octanol–water partition coefficient (Wildman–Crippen LogP) is 4.66. The topological polar surface area (TPSA) is 35.8 Å². The number of anilines is 1. The van der Waals surface area contributed by atoms with Crippen LogP contribution in [0.2, 0.25) is 0 Å². The van der Waals surface area contributed by atoms with Gasteiger partial charge in [-0.1, -0.05) is 6.92 Å². The first-order valence-electron chi connectivity index (χ1n) is 6.93. The Morgan fingerprint density at radius 2 is 2.14 bits per heavy atom. The molecule has 0 aromatic heterocycles. The Balaban J connectivity index is 2.07. The molecule has 0 saturated heterocycles. The van der Waals surface area contributed by atoms with Crippen molar-refractivity contribution < 1.29 is 13.2 Å². The second kappa shape index (κ2) is 6.61. The first-order chi connectivity index (χ1) is 9.94. The molecule has 21 heavy (non-hydrogen) atoms. The van der Waals surface area contributed by atoms with Crippen LogP contribution < -0.4 is 5.32 Å². The van der Waals surface area contributed by atoms with Crippen molar-refractivity contribution in [1.82, 2.24) is 0 Å². The van der Waals surface area contributed by atoms with Crippen molar-refractivity contribution in [2.75, 3.05) is 11.1 Å². The van der Waals surface area contributed by atoms with E-state index in [2.05, 4.69) is 12.2 Å². The maximum absolute atomic E-state index is 12.7. The number of nitrogens with zero attached hydrogens (tertiary/aromatic N) is 1. The molecule has 2 unspecified atom stereocenters. The van der Waals surface area contributed by atoms with Crippen molar-refractivity contribution >= 4 is 17.4 Å². The van der Waals surface area contributed by atoms with E-state index in [1.165, 1.54) is 12.1 Å². The average molecular weight is 314 g/mol. The zero-order chi connectivity index (χ0) is 15.5. The number of hydrogen-bond acceptors (Lipinski definition) is 3. The number of halogens is 3. The lowest BCUT2D eigenvalue weighted by atomic mass is 10.1. The van der Waals surface area contributed by atoms with Crippen molar-refractivity contribution in [3.05, 3.63) is 29.3 Å². The number of hydrogen-bond donors (Lipinski definition) is 1. The van der Waals surface area contributed by atoms with E-state index in [-0.39, 0.29) is 11.6 Å². The molecule has 1 aromatic rings. The summed E-state index contributed by atoms with van der Waals surface area (Å²) in [7, 11) is 0. The monoisotopic (exact) mass is 314 g/mol. The molecular weight excluding hydrogens is 297 g/mol. The number of alkyl halides is 3. The van der Waals surface area contributed by atoms with Gasteiger partial charge in [0.05, 0.1) is 17.2 Å². The molecule has 1 aromatic carbocycles. The summed E-state index contributed by atoms with van der Waals surface area (Å²) in [6, 6.07) is 5.59. The number of nitrogens with one attached hydrogen (secondary N) is 1. The standard InChI is InChI=1S/C15H17F3N2S/c1-2-21-13-5-3-12(8-13)20-11-4-6-14(15(16,17)18)10(7-11)9-19/h4,6-7,12-13,20H,2-3,5,8H2,1H3. The lowest BCUT2D eigenvalue weighted by Gasteiger charge is -2.16. The number of benzene rings is 1. The molecule has 1 fully saturated rings. The van der Waals surface area contributed by atoms with Gasteiger partial charge in [-0.2, -0.15) is 30.2 Å². The maximum Gasteiger partial charge on any atom is 0.417 e. The Hall–Kier alpha value is -1.35. The summed E-state index contributed by atoms with van der Waals surface area (Å²) < 4.78 is 38.2. The van der Waals surface area contributed by atoms with E-state index in [4.69, 9.17) is 5.26 Å². The first-order valence-corrected chi connectivity index (χ1v) is 7.98. The Bertz CT molecular complexity index is 537. The molecule has 0 bridgehead atoms. The molecule has 0 spiro atoms. The Labute approximate surface area is 126 Å². The van der Waals surface area contributed by atoms with Gasteiger partial charge in [0.2, 0.25) is 0 Å². The smallest absolute Gasteiger partial charge is 0.382 e. The van der Waals surface area contributed by atoms with Gasteiger partial charge in [0.25, 0.3) is 0 Å². The molecule has 0 heterocycles. The van der Waals surface area contributed by atoms with Gasteiger partial charge in [-0.3, -0.25) is 0 Å². The molecule has 2 atom stereocenters. The second-order valence-electron chi connectivity index (χ2n) is 5.10. The summed E-state index contributed by atoms with van der Waals surface area (Å²) in [5.41, 5.74) is -0.613. The minimum absolute atomic E-state index is 0.275. The Morgan fingerprint density at radius 1 is 1.38 bits per heavy atom. The highest BCUT2D eigenvalue weighted by molar-refractivity contribution is 7.99. The summed E-state index contributed by atoms with van der Waals surface area (Å²) in [5.74, 6) is 1.08. The van der Waals surface area contributed by atoms with Gasteiger partial charge in [-0.15, -0.1) is 0 Å². The fourth-order valence-corrected chi connectivity index (χ4v) is 3.81. The quantitative estimate of drug-likeness (QED) is 0.877. The van der Waals surface area contributed by atoms with Gasteiger partial charge >= 0.3 is 6.18 Å². The number of rotatable bonds is 4. The van der Waals surface area contributed by atoms with Crippen LogP contribution in [0.1, 0.15) is 37.3 Å². The zero-order valence-electron chi connectivity index (χ0n) is 11.7. The van der Waals surface area contributed by atoms with E-state index in [0.29, 0.717) is 10.9 Å². The molecule has 1 saturated carbocycles. The zero-order valence-corrected chi connectivity index (χ0v) is 12.5. The van der Waals surface area contributed by atoms with Crippen LogP contribution in [0.25, 0.3) is 0 Å². The fraction of sp³-hybridized carbons (Fsp3) is 0.533. The minimum atomic E-state index is -4.49. The SMILES string of the molecule is CCSC1CCC(Nc2ccc(C(F)(F)F)c(C#N)c2)C1. The van der Waals surface area contributed by atoms with E-state index in [1.54, 1.807) is 6.07 Å². The molecule has 114 valence electrons. The van der Waals surface area contributed by atoms with Gasteiger partial charge in [-0.05, 0) is 43.2 Å². The molecular formula is C15H17F3N2S. The second-order valence-corrected chi connectivity index (χ2v) is 6.68. The highest BCUT2D eigenvalue weighted by Gasteiger charge is 2.33. The molecule has 1 N–H and O–H groups in total. The van der Waals surface area contributed by atoms with Crippen LogP contribution in [0.4, 0.5) is 18.9 Å². The van der Waals surface area contributed by atoms with Crippen LogP contribution in [-0.4, -0.2) is 17.0 Å². The molecule has 2 rings (SSSR count). The van der Waals surface area contributed by atoms with Crippen molar-refractivity contribution in [3.8, 4) is 6.07 Å². The van der Waals surface area contributed by atoms with Gasteiger partial charge in [-0.25, -0.2) is 0 Å². The highest BCUT2D eigenvalue weighted by Crippen LogP contribution is 2.35. The van der Waals surface area contributed by atoms with E-state index in [9.17, 15) is 13.2 Å². The molecule has 1 aliphatic rings. The fourth-order valence-electron chi connectivity index (χ4n) is 2.67. The van der Waals surface area contributed by atoms with Crippen LogP contribution in [0.5, 0.6) is 0 Å². The van der Waals surface area contributed by atoms with Crippen LogP contribution in [-0.2, 0) is 6.18 Å². The van der Waals surface area contributed by atoms with Crippen LogP contribution in [0, 0.1) is 11.3 Å². The average Bonchev–Trinajstić information content (AvgIpc) is 2.85. The van der Waals surface area contributed by atoms with Gasteiger partial charge in [0.15, 0.2) is 0 Å². The van der Waals surface area contributed by atoms with E-state index in [0.717, 1.165) is 31.1 Å². The molecule has 0 amide bonds. The van der Waals surface area contributed by atoms with E-state index >= 15 is 0 Å².